The van der Waals surface area contributed by atoms with Crippen LogP contribution in [0.5, 0.6) is 0 Å². The molecular weight excluding hydrogens is 236 g/mol. The molecule has 0 fully saturated rings. The number of fused-ring (bicyclic) bond motifs is 1. The molecule has 0 aliphatic heterocycles. The summed E-state index contributed by atoms with van der Waals surface area (Å²) in [4.78, 5) is 30.0. The Bertz CT molecular complexity index is 680. The van der Waals surface area contributed by atoms with Gasteiger partial charge in [-0.25, -0.2) is 10.6 Å². The quantitative estimate of drug-likeness (QED) is 0.502. The van der Waals surface area contributed by atoms with Gasteiger partial charge in [0.05, 0.1) is 0 Å². The van der Waals surface area contributed by atoms with Gasteiger partial charge in [0.2, 0.25) is 5.95 Å². The highest BCUT2D eigenvalue weighted by Crippen LogP contribution is 2.12. The summed E-state index contributed by atoms with van der Waals surface area (Å²) in [5.74, 6) is 5.66. The zero-order valence-electron chi connectivity index (χ0n) is 10.4. The van der Waals surface area contributed by atoms with Gasteiger partial charge in [-0.2, -0.15) is 4.98 Å². The number of anilines is 1. The summed E-state index contributed by atoms with van der Waals surface area (Å²) in [5.41, 5.74) is 2.18. The minimum absolute atomic E-state index is 0.332. The van der Waals surface area contributed by atoms with Crippen LogP contribution in [0.2, 0.25) is 0 Å². The van der Waals surface area contributed by atoms with Crippen molar-refractivity contribution in [2.24, 2.45) is 12.9 Å². The molecule has 4 N–H and O–H groups in total. The summed E-state index contributed by atoms with van der Waals surface area (Å²) in [6.07, 6.45) is 1.78. The lowest BCUT2D eigenvalue weighted by Gasteiger charge is -2.04. The molecule has 0 bridgehead atoms. The van der Waals surface area contributed by atoms with Gasteiger partial charge in [0, 0.05) is 13.6 Å². The van der Waals surface area contributed by atoms with Crippen LogP contribution in [0, 0.1) is 0 Å². The predicted octanol–water partition coefficient (Wildman–Crippen LogP) is -0.491. The lowest BCUT2D eigenvalue weighted by Crippen LogP contribution is -2.31. The SMILES string of the molecule is CCCCn1c(=O)[nH]c(=O)c2c1nc(NN)n2C. The number of aromatic amines is 1. The highest BCUT2D eigenvalue weighted by molar-refractivity contribution is 5.73. The van der Waals surface area contributed by atoms with E-state index in [4.69, 9.17) is 5.84 Å². The number of aryl methyl sites for hydroxylation is 2. The van der Waals surface area contributed by atoms with Gasteiger partial charge >= 0.3 is 5.69 Å². The standard InChI is InChI=1S/C10H16N6O2/c1-3-4-5-16-7-6(8(17)13-10(16)18)15(2)9(12-7)14-11/h3-5,11H2,1-2H3,(H,12,14)(H,13,17,18). The molecule has 18 heavy (non-hydrogen) atoms. The number of aromatic nitrogens is 4. The molecule has 0 spiro atoms. The Kier molecular flexibility index (Phi) is 3.19. The first-order chi connectivity index (χ1) is 8.60. The van der Waals surface area contributed by atoms with Gasteiger partial charge in [-0.05, 0) is 6.42 Å². The van der Waals surface area contributed by atoms with Crippen LogP contribution in [0.3, 0.4) is 0 Å². The molecule has 0 radical (unpaired) electrons. The van der Waals surface area contributed by atoms with Gasteiger partial charge in [-0.1, -0.05) is 13.3 Å². The van der Waals surface area contributed by atoms with Gasteiger partial charge in [0.1, 0.15) is 0 Å². The van der Waals surface area contributed by atoms with Crippen LogP contribution in [-0.4, -0.2) is 19.1 Å². The summed E-state index contributed by atoms with van der Waals surface area (Å²) in [6, 6.07) is 0. The Morgan fingerprint density at radius 2 is 2.17 bits per heavy atom. The number of nitrogens with one attached hydrogen (secondary N) is 2. The first-order valence-electron chi connectivity index (χ1n) is 5.76. The molecule has 0 aromatic carbocycles. The largest absolute Gasteiger partial charge is 0.330 e. The number of unbranched alkanes of at least 4 members (excludes halogenated alkanes) is 1. The lowest BCUT2D eigenvalue weighted by molar-refractivity contribution is 0.613. The van der Waals surface area contributed by atoms with Crippen LogP contribution >= 0.6 is 0 Å². The Morgan fingerprint density at radius 1 is 1.44 bits per heavy atom. The lowest BCUT2D eigenvalue weighted by atomic mass is 10.3. The van der Waals surface area contributed by atoms with Crippen molar-refractivity contribution in [1.82, 2.24) is 19.1 Å². The van der Waals surface area contributed by atoms with Crippen LogP contribution in [0.1, 0.15) is 19.8 Å². The molecular formula is C10H16N6O2. The fourth-order valence-corrected chi connectivity index (χ4v) is 1.90. The van der Waals surface area contributed by atoms with E-state index in [1.807, 2.05) is 6.92 Å². The highest BCUT2D eigenvalue weighted by Gasteiger charge is 2.15. The zero-order valence-corrected chi connectivity index (χ0v) is 10.4. The fraction of sp³-hybridized carbons (Fsp3) is 0.500. The van der Waals surface area contributed by atoms with E-state index in [1.54, 1.807) is 7.05 Å². The smallest absolute Gasteiger partial charge is 0.306 e. The van der Waals surface area contributed by atoms with E-state index >= 15 is 0 Å². The van der Waals surface area contributed by atoms with Crippen molar-refractivity contribution in [3.05, 3.63) is 20.8 Å². The molecule has 0 unspecified atom stereocenters. The maximum Gasteiger partial charge on any atom is 0.330 e. The maximum absolute atomic E-state index is 11.8. The number of rotatable bonds is 4. The van der Waals surface area contributed by atoms with E-state index in [9.17, 15) is 9.59 Å². The van der Waals surface area contributed by atoms with Crippen LogP contribution < -0.4 is 22.5 Å². The van der Waals surface area contributed by atoms with Gasteiger partial charge in [0.25, 0.3) is 5.56 Å². The molecule has 8 nitrogen and oxygen atoms in total. The normalized spacial score (nSPS) is 11.1. The molecule has 2 rings (SSSR count). The highest BCUT2D eigenvalue weighted by atomic mass is 16.2. The second kappa shape index (κ2) is 4.65. The molecule has 2 heterocycles. The number of nitrogens with zero attached hydrogens (tertiary/aromatic N) is 3. The number of nitrogen functional groups attached to an aromatic ring is 1. The molecule has 0 atom stereocenters. The second-order valence-electron chi connectivity index (χ2n) is 4.08. The number of H-pyrrole nitrogens is 1. The molecule has 0 saturated heterocycles. The summed E-state index contributed by atoms with van der Waals surface area (Å²) < 4.78 is 2.98. The molecule has 0 aliphatic rings. The topological polar surface area (TPSA) is 111 Å². The van der Waals surface area contributed by atoms with Crippen molar-refractivity contribution < 1.29 is 0 Å². The molecule has 0 saturated carbocycles. The number of hydrogen-bond donors (Lipinski definition) is 3. The molecule has 2 aromatic heterocycles. The zero-order chi connectivity index (χ0) is 13.3. The minimum atomic E-state index is -0.459. The third kappa shape index (κ3) is 1.80. The Labute approximate surface area is 102 Å². The minimum Gasteiger partial charge on any atom is -0.306 e. The Hall–Kier alpha value is -2.09. The predicted molar refractivity (Wildman–Crippen MR) is 68.3 cm³/mol. The van der Waals surface area contributed by atoms with Crippen LogP contribution in [-0.2, 0) is 13.6 Å². The van der Waals surface area contributed by atoms with E-state index in [-0.39, 0.29) is 0 Å². The van der Waals surface area contributed by atoms with E-state index in [1.165, 1.54) is 9.13 Å². The average Bonchev–Trinajstić information content (AvgIpc) is 2.66. The Morgan fingerprint density at radius 3 is 2.78 bits per heavy atom. The Balaban J connectivity index is 2.77. The summed E-state index contributed by atoms with van der Waals surface area (Å²) in [7, 11) is 1.66. The molecule has 8 heteroatoms. The van der Waals surface area contributed by atoms with E-state index in [2.05, 4.69) is 15.4 Å². The monoisotopic (exact) mass is 252 g/mol. The number of nitrogens with two attached hydrogens (primary N) is 1. The first kappa shape index (κ1) is 12.4. The van der Waals surface area contributed by atoms with E-state index < -0.39 is 11.2 Å². The molecule has 2 aromatic rings. The average molecular weight is 252 g/mol. The van der Waals surface area contributed by atoms with Gasteiger partial charge in [-0.15, -0.1) is 0 Å². The van der Waals surface area contributed by atoms with Crippen molar-refractivity contribution in [1.29, 1.82) is 0 Å². The van der Waals surface area contributed by atoms with Crippen molar-refractivity contribution in [3.8, 4) is 0 Å². The van der Waals surface area contributed by atoms with E-state index in [0.29, 0.717) is 23.7 Å². The molecule has 0 aliphatic carbocycles. The second-order valence-corrected chi connectivity index (χ2v) is 4.08. The summed E-state index contributed by atoms with van der Waals surface area (Å²) in [5, 5.41) is 0. The van der Waals surface area contributed by atoms with Crippen LogP contribution in [0.15, 0.2) is 9.59 Å². The van der Waals surface area contributed by atoms with E-state index in [0.717, 1.165) is 12.8 Å². The van der Waals surface area contributed by atoms with Crippen molar-refractivity contribution in [2.75, 3.05) is 5.43 Å². The third-order valence-electron chi connectivity index (χ3n) is 2.88. The number of hydrogen-bond acceptors (Lipinski definition) is 5. The van der Waals surface area contributed by atoms with Crippen LogP contribution in [0.4, 0.5) is 5.95 Å². The van der Waals surface area contributed by atoms with Crippen molar-refractivity contribution in [2.45, 2.75) is 26.3 Å². The van der Waals surface area contributed by atoms with Crippen molar-refractivity contribution >= 4 is 17.1 Å². The van der Waals surface area contributed by atoms with Gasteiger partial charge in [-0.3, -0.25) is 19.8 Å². The molecule has 0 amide bonds. The number of imidazole rings is 1. The van der Waals surface area contributed by atoms with Gasteiger partial charge in [0.15, 0.2) is 11.2 Å². The molecule has 98 valence electrons. The summed E-state index contributed by atoms with van der Waals surface area (Å²) in [6.45, 7) is 2.54. The summed E-state index contributed by atoms with van der Waals surface area (Å²) >= 11 is 0. The first-order valence-corrected chi connectivity index (χ1v) is 5.76. The maximum atomic E-state index is 11.8. The van der Waals surface area contributed by atoms with Gasteiger partial charge < -0.3 is 4.57 Å². The third-order valence-corrected chi connectivity index (χ3v) is 2.88. The van der Waals surface area contributed by atoms with Crippen molar-refractivity contribution in [3.63, 3.8) is 0 Å². The fourth-order valence-electron chi connectivity index (χ4n) is 1.90. The van der Waals surface area contributed by atoms with Crippen LogP contribution in [0.25, 0.3) is 11.2 Å². The number of hydrazine groups is 1.